The monoisotopic (exact) mass is 278 g/mol. The standard InChI is InChI=1S/C14H16F2N4/c1-3-4-17-13-7-14(19-8-18-13)20-12-6-10(15)9(2)5-11(12)16/h5-8H,3-4H2,1-2H3,(H2,17,18,19,20). The summed E-state index contributed by atoms with van der Waals surface area (Å²) in [7, 11) is 0. The number of aryl methyl sites for hydroxylation is 1. The number of rotatable bonds is 5. The fraction of sp³-hybridized carbons (Fsp3) is 0.286. The lowest BCUT2D eigenvalue weighted by molar-refractivity contribution is 0.595. The summed E-state index contributed by atoms with van der Waals surface area (Å²) in [6.45, 7) is 4.33. The van der Waals surface area contributed by atoms with E-state index in [2.05, 4.69) is 20.6 Å². The highest BCUT2D eigenvalue weighted by Crippen LogP contribution is 2.22. The molecule has 6 heteroatoms. The molecule has 0 atom stereocenters. The van der Waals surface area contributed by atoms with Crippen LogP contribution < -0.4 is 10.6 Å². The Balaban J connectivity index is 2.19. The summed E-state index contributed by atoms with van der Waals surface area (Å²) >= 11 is 0. The lowest BCUT2D eigenvalue weighted by atomic mass is 10.2. The Hall–Kier alpha value is -2.24. The zero-order valence-corrected chi connectivity index (χ0v) is 11.4. The van der Waals surface area contributed by atoms with Gasteiger partial charge in [-0.3, -0.25) is 0 Å². The number of benzene rings is 1. The molecule has 4 nitrogen and oxygen atoms in total. The van der Waals surface area contributed by atoms with Crippen molar-refractivity contribution in [1.29, 1.82) is 0 Å². The molecule has 0 amide bonds. The van der Waals surface area contributed by atoms with Crippen molar-refractivity contribution in [2.24, 2.45) is 0 Å². The zero-order valence-electron chi connectivity index (χ0n) is 11.4. The third kappa shape index (κ3) is 3.40. The van der Waals surface area contributed by atoms with Gasteiger partial charge in [-0.2, -0.15) is 0 Å². The van der Waals surface area contributed by atoms with Gasteiger partial charge in [0.25, 0.3) is 0 Å². The van der Waals surface area contributed by atoms with E-state index >= 15 is 0 Å². The topological polar surface area (TPSA) is 49.8 Å². The molecule has 0 saturated carbocycles. The molecule has 2 rings (SSSR count). The van der Waals surface area contributed by atoms with Gasteiger partial charge >= 0.3 is 0 Å². The first kappa shape index (κ1) is 14.2. The first-order valence-electron chi connectivity index (χ1n) is 6.38. The van der Waals surface area contributed by atoms with Crippen LogP contribution in [0, 0.1) is 18.6 Å². The Labute approximate surface area is 116 Å². The maximum Gasteiger partial charge on any atom is 0.147 e. The summed E-state index contributed by atoms with van der Waals surface area (Å²) in [4.78, 5) is 8.03. The highest BCUT2D eigenvalue weighted by molar-refractivity contribution is 5.60. The van der Waals surface area contributed by atoms with Crippen LogP contribution in [0.15, 0.2) is 24.5 Å². The number of hydrogen-bond donors (Lipinski definition) is 2. The molecule has 1 heterocycles. The van der Waals surface area contributed by atoms with Crippen LogP contribution in [-0.2, 0) is 0 Å². The van der Waals surface area contributed by atoms with Crippen LogP contribution >= 0.6 is 0 Å². The molecule has 106 valence electrons. The summed E-state index contributed by atoms with van der Waals surface area (Å²) < 4.78 is 27.2. The van der Waals surface area contributed by atoms with Gasteiger partial charge in [0.1, 0.15) is 29.6 Å². The summed E-state index contributed by atoms with van der Waals surface area (Å²) in [5, 5.41) is 5.85. The van der Waals surface area contributed by atoms with Crippen molar-refractivity contribution in [1.82, 2.24) is 9.97 Å². The second-order valence-corrected chi connectivity index (χ2v) is 4.42. The summed E-state index contributed by atoms with van der Waals surface area (Å²) in [6, 6.07) is 3.91. The van der Waals surface area contributed by atoms with Gasteiger partial charge in [-0.25, -0.2) is 18.7 Å². The summed E-state index contributed by atoms with van der Waals surface area (Å²) in [5.41, 5.74) is 0.314. The third-order valence-corrected chi connectivity index (χ3v) is 2.73. The second kappa shape index (κ2) is 6.27. The lowest BCUT2D eigenvalue weighted by Gasteiger charge is -2.09. The normalized spacial score (nSPS) is 10.4. The van der Waals surface area contributed by atoms with Gasteiger partial charge in [-0.1, -0.05) is 6.92 Å². The summed E-state index contributed by atoms with van der Waals surface area (Å²) in [5.74, 6) is 0.0518. The number of hydrogen-bond acceptors (Lipinski definition) is 4. The van der Waals surface area contributed by atoms with Gasteiger partial charge in [0.2, 0.25) is 0 Å². The van der Waals surface area contributed by atoms with Gasteiger partial charge < -0.3 is 10.6 Å². The minimum absolute atomic E-state index is 0.0493. The van der Waals surface area contributed by atoms with Gasteiger partial charge in [0.05, 0.1) is 5.69 Å². The highest BCUT2D eigenvalue weighted by atomic mass is 19.1. The van der Waals surface area contributed by atoms with E-state index in [1.54, 1.807) is 6.07 Å². The lowest BCUT2D eigenvalue weighted by Crippen LogP contribution is -2.04. The minimum atomic E-state index is -0.523. The molecular formula is C14H16F2N4. The molecule has 2 N–H and O–H groups in total. The second-order valence-electron chi connectivity index (χ2n) is 4.42. The zero-order chi connectivity index (χ0) is 14.5. The maximum absolute atomic E-state index is 13.7. The molecular weight excluding hydrogens is 262 g/mol. The van der Waals surface area contributed by atoms with Crippen molar-refractivity contribution < 1.29 is 8.78 Å². The van der Waals surface area contributed by atoms with Gasteiger partial charge in [-0.15, -0.1) is 0 Å². The SMILES string of the molecule is CCCNc1cc(Nc2cc(F)c(C)cc2F)ncn1. The molecule has 0 radical (unpaired) electrons. The van der Waals surface area contributed by atoms with Crippen molar-refractivity contribution >= 4 is 17.3 Å². The van der Waals surface area contributed by atoms with E-state index in [4.69, 9.17) is 0 Å². The van der Waals surface area contributed by atoms with Crippen LogP contribution in [0.3, 0.4) is 0 Å². The number of nitrogens with one attached hydrogen (secondary N) is 2. The number of nitrogens with zero attached hydrogens (tertiary/aromatic N) is 2. The van der Waals surface area contributed by atoms with Crippen LogP contribution in [-0.4, -0.2) is 16.5 Å². The van der Waals surface area contributed by atoms with Crippen LogP contribution in [0.1, 0.15) is 18.9 Å². The predicted molar refractivity (Wildman–Crippen MR) is 75.2 cm³/mol. The Morgan fingerprint density at radius 1 is 1.05 bits per heavy atom. The van der Waals surface area contributed by atoms with E-state index in [1.165, 1.54) is 13.3 Å². The van der Waals surface area contributed by atoms with Crippen molar-refractivity contribution in [3.05, 3.63) is 41.7 Å². The fourth-order valence-corrected chi connectivity index (χ4v) is 1.66. The average Bonchev–Trinajstić information content (AvgIpc) is 2.43. The Morgan fingerprint density at radius 2 is 1.80 bits per heavy atom. The molecule has 0 bridgehead atoms. The largest absolute Gasteiger partial charge is 0.370 e. The van der Waals surface area contributed by atoms with Crippen molar-refractivity contribution in [3.8, 4) is 0 Å². The molecule has 0 aliphatic heterocycles. The molecule has 0 aliphatic rings. The van der Waals surface area contributed by atoms with Crippen LogP contribution in [0.2, 0.25) is 0 Å². The summed E-state index contributed by atoms with van der Waals surface area (Å²) in [6.07, 6.45) is 2.33. The van der Waals surface area contributed by atoms with Crippen LogP contribution in [0.25, 0.3) is 0 Å². The molecule has 0 saturated heterocycles. The Morgan fingerprint density at radius 3 is 2.55 bits per heavy atom. The maximum atomic E-state index is 13.7. The van der Waals surface area contributed by atoms with Gasteiger partial charge in [0, 0.05) is 18.7 Å². The van der Waals surface area contributed by atoms with E-state index in [1.807, 2.05) is 6.92 Å². The van der Waals surface area contributed by atoms with E-state index in [0.29, 0.717) is 11.6 Å². The van der Waals surface area contributed by atoms with E-state index in [-0.39, 0.29) is 11.3 Å². The van der Waals surface area contributed by atoms with E-state index in [9.17, 15) is 8.78 Å². The molecule has 1 aromatic carbocycles. The van der Waals surface area contributed by atoms with E-state index in [0.717, 1.165) is 25.1 Å². The Kier molecular flexibility index (Phi) is 4.45. The quantitative estimate of drug-likeness (QED) is 0.877. The van der Waals surface area contributed by atoms with Crippen molar-refractivity contribution in [3.63, 3.8) is 0 Å². The minimum Gasteiger partial charge on any atom is -0.370 e. The number of anilines is 3. The van der Waals surface area contributed by atoms with Crippen molar-refractivity contribution in [2.75, 3.05) is 17.2 Å². The van der Waals surface area contributed by atoms with E-state index < -0.39 is 11.6 Å². The molecule has 0 fully saturated rings. The first-order chi connectivity index (χ1) is 9.60. The molecule has 0 spiro atoms. The molecule has 0 unspecified atom stereocenters. The molecule has 20 heavy (non-hydrogen) atoms. The molecule has 2 aromatic rings. The average molecular weight is 278 g/mol. The van der Waals surface area contributed by atoms with Gasteiger partial charge in [-0.05, 0) is 25.0 Å². The third-order valence-electron chi connectivity index (χ3n) is 2.73. The Bertz CT molecular complexity index is 602. The molecule has 0 aliphatic carbocycles. The van der Waals surface area contributed by atoms with Gasteiger partial charge in [0.15, 0.2) is 0 Å². The predicted octanol–water partition coefficient (Wildman–Crippen LogP) is 3.63. The van der Waals surface area contributed by atoms with Crippen molar-refractivity contribution in [2.45, 2.75) is 20.3 Å². The number of halogens is 2. The smallest absolute Gasteiger partial charge is 0.147 e. The van der Waals surface area contributed by atoms with Crippen LogP contribution in [0.5, 0.6) is 0 Å². The highest BCUT2D eigenvalue weighted by Gasteiger charge is 2.08. The van der Waals surface area contributed by atoms with Crippen LogP contribution in [0.4, 0.5) is 26.1 Å². The first-order valence-corrected chi connectivity index (χ1v) is 6.38. The fourth-order valence-electron chi connectivity index (χ4n) is 1.66. The number of aromatic nitrogens is 2. The molecule has 1 aromatic heterocycles.